The molecule has 0 unspecified atom stereocenters. The summed E-state index contributed by atoms with van der Waals surface area (Å²) in [6.45, 7) is 5.69. The first-order valence-electron chi connectivity index (χ1n) is 6.24. The van der Waals surface area contributed by atoms with Gasteiger partial charge in [0.2, 0.25) is 0 Å². The molecule has 0 aliphatic carbocycles. The van der Waals surface area contributed by atoms with Crippen molar-refractivity contribution >= 4 is 23.0 Å². The lowest BCUT2D eigenvalue weighted by molar-refractivity contribution is 0.0703. The zero-order valence-electron chi connectivity index (χ0n) is 11.5. The van der Waals surface area contributed by atoms with E-state index < -0.39 is 5.97 Å². The van der Waals surface area contributed by atoms with Crippen molar-refractivity contribution < 1.29 is 14.3 Å². The van der Waals surface area contributed by atoms with E-state index in [2.05, 4.69) is 0 Å². The zero-order chi connectivity index (χ0) is 15.0. The van der Waals surface area contributed by atoms with E-state index >= 15 is 0 Å². The fraction of sp³-hybridized carbons (Fsp3) is 0.267. The maximum Gasteiger partial charge on any atom is 0.348 e. The van der Waals surface area contributed by atoms with Crippen LogP contribution in [0.25, 0.3) is 10.4 Å². The molecule has 1 heterocycles. The number of carboxylic acids is 1. The van der Waals surface area contributed by atoms with E-state index in [0.29, 0.717) is 5.56 Å². The van der Waals surface area contributed by atoms with Crippen LogP contribution in [0.15, 0.2) is 18.2 Å². The van der Waals surface area contributed by atoms with Crippen molar-refractivity contribution in [2.24, 2.45) is 0 Å². The van der Waals surface area contributed by atoms with Crippen molar-refractivity contribution in [1.82, 2.24) is 0 Å². The van der Waals surface area contributed by atoms with E-state index in [0.717, 1.165) is 27.3 Å². The first kappa shape index (κ1) is 14.5. The number of anilines is 1. The van der Waals surface area contributed by atoms with Crippen molar-refractivity contribution in [1.29, 1.82) is 0 Å². The minimum atomic E-state index is -1.05. The van der Waals surface area contributed by atoms with Gasteiger partial charge in [-0.25, -0.2) is 9.18 Å². The van der Waals surface area contributed by atoms with Gasteiger partial charge in [0.25, 0.3) is 0 Å². The molecular formula is C15H16FNO2S. The maximum absolute atomic E-state index is 13.6. The molecule has 1 aromatic heterocycles. The Kier molecular flexibility index (Phi) is 3.81. The third-order valence-corrected chi connectivity index (χ3v) is 4.32. The second-order valence-electron chi connectivity index (χ2n) is 5.06. The van der Waals surface area contributed by atoms with E-state index in [1.165, 1.54) is 12.1 Å². The molecular weight excluding hydrogens is 277 g/mol. The van der Waals surface area contributed by atoms with Gasteiger partial charge in [-0.3, -0.25) is 0 Å². The number of aromatic carboxylic acids is 1. The lowest BCUT2D eigenvalue weighted by Crippen LogP contribution is -2.00. The van der Waals surface area contributed by atoms with E-state index in [1.807, 2.05) is 19.9 Å². The maximum atomic E-state index is 13.6. The second-order valence-corrected chi connectivity index (χ2v) is 6.09. The quantitative estimate of drug-likeness (QED) is 0.888. The summed E-state index contributed by atoms with van der Waals surface area (Å²) in [7, 11) is 0. The van der Waals surface area contributed by atoms with Crippen molar-refractivity contribution in [3.63, 3.8) is 0 Å². The summed E-state index contributed by atoms with van der Waals surface area (Å²) < 4.78 is 13.6. The Labute approximate surface area is 120 Å². The van der Waals surface area contributed by atoms with Crippen LogP contribution in [0.1, 0.15) is 40.6 Å². The van der Waals surface area contributed by atoms with Gasteiger partial charge in [-0.15, -0.1) is 11.3 Å². The van der Waals surface area contributed by atoms with Crippen molar-refractivity contribution in [2.45, 2.75) is 26.7 Å². The average molecular weight is 293 g/mol. The predicted molar refractivity (Wildman–Crippen MR) is 79.9 cm³/mol. The largest absolute Gasteiger partial charge is 0.477 e. The summed E-state index contributed by atoms with van der Waals surface area (Å²) in [5, 5.41) is 9.20. The summed E-state index contributed by atoms with van der Waals surface area (Å²) in [6.07, 6.45) is 0. The third-order valence-electron chi connectivity index (χ3n) is 3.06. The Bertz CT molecular complexity index is 657. The molecule has 3 N–H and O–H groups in total. The highest BCUT2D eigenvalue weighted by Gasteiger charge is 2.23. The van der Waals surface area contributed by atoms with E-state index in [4.69, 9.17) is 5.73 Å². The fourth-order valence-electron chi connectivity index (χ4n) is 2.27. The van der Waals surface area contributed by atoms with Gasteiger partial charge >= 0.3 is 5.97 Å². The molecule has 0 spiro atoms. The van der Waals surface area contributed by atoms with Crippen molar-refractivity contribution in [2.75, 3.05) is 5.73 Å². The fourth-order valence-corrected chi connectivity index (χ4v) is 3.47. The Morgan fingerprint density at radius 1 is 1.35 bits per heavy atom. The summed E-state index contributed by atoms with van der Waals surface area (Å²) in [6, 6.07) is 4.69. The van der Waals surface area contributed by atoms with Crippen LogP contribution < -0.4 is 5.73 Å². The Morgan fingerprint density at radius 2 is 2.00 bits per heavy atom. The first-order chi connectivity index (χ1) is 9.31. The van der Waals surface area contributed by atoms with Crippen molar-refractivity contribution in [3.05, 3.63) is 40.0 Å². The molecule has 0 radical (unpaired) electrons. The molecule has 0 aliphatic heterocycles. The number of benzene rings is 1. The normalized spacial score (nSPS) is 11.1. The summed E-state index contributed by atoms with van der Waals surface area (Å²) in [5.41, 5.74) is 8.48. The topological polar surface area (TPSA) is 63.3 Å². The monoisotopic (exact) mass is 293 g/mol. The van der Waals surface area contributed by atoms with E-state index in [1.54, 1.807) is 6.92 Å². The van der Waals surface area contributed by atoms with Gasteiger partial charge in [0, 0.05) is 4.88 Å². The number of aryl methyl sites for hydroxylation is 1. The molecule has 2 aromatic rings. The standard InChI is InChI=1S/C15H16FNO2S/c1-7(2)11-12(17)14(15(18)19)20-13(11)9-4-8(3)5-10(16)6-9/h4-7H,17H2,1-3H3,(H,18,19). The SMILES string of the molecule is Cc1cc(F)cc(-c2sc(C(=O)O)c(N)c2C(C)C)c1. The Morgan fingerprint density at radius 3 is 2.50 bits per heavy atom. The number of hydrogen-bond acceptors (Lipinski definition) is 3. The van der Waals surface area contributed by atoms with Gasteiger partial charge in [0.05, 0.1) is 5.69 Å². The van der Waals surface area contributed by atoms with Crippen LogP contribution in [0.3, 0.4) is 0 Å². The van der Waals surface area contributed by atoms with Gasteiger partial charge in [0.1, 0.15) is 10.7 Å². The van der Waals surface area contributed by atoms with Gasteiger partial charge in [-0.2, -0.15) is 0 Å². The lowest BCUT2D eigenvalue weighted by Gasteiger charge is -2.09. The minimum Gasteiger partial charge on any atom is -0.477 e. The minimum absolute atomic E-state index is 0.0675. The highest BCUT2D eigenvalue weighted by molar-refractivity contribution is 7.18. The number of nitrogen functional groups attached to an aromatic ring is 1. The van der Waals surface area contributed by atoms with E-state index in [-0.39, 0.29) is 22.3 Å². The molecule has 0 fully saturated rings. The molecule has 3 nitrogen and oxygen atoms in total. The number of thiophene rings is 1. The van der Waals surface area contributed by atoms with Crippen molar-refractivity contribution in [3.8, 4) is 10.4 Å². The van der Waals surface area contributed by atoms with Crippen LogP contribution in [0.5, 0.6) is 0 Å². The van der Waals surface area contributed by atoms with Crippen LogP contribution in [-0.2, 0) is 0 Å². The zero-order valence-corrected chi connectivity index (χ0v) is 12.3. The predicted octanol–water partition coefficient (Wildman–Crippen LogP) is 4.27. The smallest absolute Gasteiger partial charge is 0.348 e. The number of carboxylic acid groups (broad SMARTS) is 1. The molecule has 5 heteroatoms. The number of carbonyl (C=O) groups is 1. The molecule has 0 saturated carbocycles. The molecule has 1 aromatic carbocycles. The Hall–Kier alpha value is -1.88. The summed E-state index contributed by atoms with van der Waals surface area (Å²) in [5.74, 6) is -1.31. The molecule has 0 bridgehead atoms. The molecule has 0 atom stereocenters. The highest BCUT2D eigenvalue weighted by Crippen LogP contribution is 2.42. The van der Waals surface area contributed by atoms with Gasteiger partial charge in [-0.05, 0) is 41.7 Å². The summed E-state index contributed by atoms with van der Waals surface area (Å²) >= 11 is 1.10. The van der Waals surface area contributed by atoms with E-state index in [9.17, 15) is 14.3 Å². The van der Waals surface area contributed by atoms with Crippen LogP contribution in [0, 0.1) is 12.7 Å². The van der Waals surface area contributed by atoms with Gasteiger partial charge < -0.3 is 10.8 Å². The molecule has 0 aliphatic rings. The molecule has 2 rings (SSSR count). The van der Waals surface area contributed by atoms with Gasteiger partial charge in [0.15, 0.2) is 0 Å². The van der Waals surface area contributed by atoms with Crippen LogP contribution in [0.2, 0.25) is 0 Å². The number of nitrogens with two attached hydrogens (primary N) is 1. The second kappa shape index (κ2) is 5.25. The lowest BCUT2D eigenvalue weighted by atomic mass is 9.97. The van der Waals surface area contributed by atoms with Crippen LogP contribution >= 0.6 is 11.3 Å². The van der Waals surface area contributed by atoms with Crippen LogP contribution in [0.4, 0.5) is 10.1 Å². The average Bonchev–Trinajstić information content (AvgIpc) is 2.65. The first-order valence-corrected chi connectivity index (χ1v) is 7.06. The van der Waals surface area contributed by atoms with Crippen LogP contribution in [-0.4, -0.2) is 11.1 Å². The molecule has 0 amide bonds. The molecule has 20 heavy (non-hydrogen) atoms. The number of halogens is 1. The molecule has 106 valence electrons. The number of rotatable bonds is 3. The Balaban J connectivity index is 2.72. The number of hydrogen-bond donors (Lipinski definition) is 2. The summed E-state index contributed by atoms with van der Waals surface area (Å²) in [4.78, 5) is 12.1. The third kappa shape index (κ3) is 2.54. The highest BCUT2D eigenvalue weighted by atomic mass is 32.1. The van der Waals surface area contributed by atoms with Gasteiger partial charge in [-0.1, -0.05) is 19.9 Å². The molecule has 0 saturated heterocycles.